The number of fused-ring (bicyclic) bond motifs is 1. The fourth-order valence-corrected chi connectivity index (χ4v) is 2.24. The van der Waals surface area contributed by atoms with E-state index in [0.717, 1.165) is 16.3 Å². The molecule has 0 atom stereocenters. The minimum Gasteiger partial charge on any atom is -0.383 e. The molecule has 2 N–H and O–H groups in total. The molecule has 0 aliphatic rings. The molecule has 1 heterocycles. The van der Waals surface area contributed by atoms with Crippen LogP contribution in [0.3, 0.4) is 0 Å². The van der Waals surface area contributed by atoms with Gasteiger partial charge in [0.05, 0.1) is 0 Å². The van der Waals surface area contributed by atoms with Crippen LogP contribution in [0.5, 0.6) is 0 Å². The summed E-state index contributed by atoms with van der Waals surface area (Å²) < 4.78 is 0. The molecule has 0 radical (unpaired) electrons. The molecule has 3 nitrogen and oxygen atoms in total. The number of carbonyl (C=O) groups is 1. The summed E-state index contributed by atoms with van der Waals surface area (Å²) in [6.45, 7) is 0. The average molecular weight is 262 g/mol. The van der Waals surface area contributed by atoms with E-state index in [9.17, 15) is 4.79 Å². The molecule has 3 aromatic rings. The Labute approximate surface area is 117 Å². The molecule has 3 rings (SSSR count). The summed E-state index contributed by atoms with van der Waals surface area (Å²) in [5, 5.41) is 2.20. The molecule has 1 aromatic heterocycles. The Balaban J connectivity index is 1.91. The Hall–Kier alpha value is -2.68. The average Bonchev–Trinajstić information content (AvgIpc) is 2.49. The lowest BCUT2D eigenvalue weighted by Gasteiger charge is -2.05. The van der Waals surface area contributed by atoms with Crippen LogP contribution in [0.4, 0.5) is 5.82 Å². The second-order valence-corrected chi connectivity index (χ2v) is 4.71. The molecule has 0 unspecified atom stereocenters. The SMILES string of the molecule is Nc1ncccc1CC(=O)c1ccc2ccccc2c1. The van der Waals surface area contributed by atoms with Crippen molar-refractivity contribution in [3.63, 3.8) is 0 Å². The van der Waals surface area contributed by atoms with Crippen molar-refractivity contribution in [2.75, 3.05) is 5.73 Å². The van der Waals surface area contributed by atoms with Crippen LogP contribution in [-0.2, 0) is 6.42 Å². The van der Waals surface area contributed by atoms with Gasteiger partial charge in [-0.3, -0.25) is 4.79 Å². The third kappa shape index (κ3) is 2.38. The van der Waals surface area contributed by atoms with Gasteiger partial charge in [0, 0.05) is 23.7 Å². The highest BCUT2D eigenvalue weighted by molar-refractivity contribution is 6.01. The Kier molecular flexibility index (Phi) is 3.17. The fraction of sp³-hybridized carbons (Fsp3) is 0.0588. The Bertz CT molecular complexity index is 781. The number of anilines is 1. The molecular weight excluding hydrogens is 248 g/mol. The first kappa shape index (κ1) is 12.4. The molecule has 0 saturated heterocycles. The van der Waals surface area contributed by atoms with E-state index in [0.29, 0.717) is 11.4 Å². The number of benzene rings is 2. The fourth-order valence-electron chi connectivity index (χ4n) is 2.24. The van der Waals surface area contributed by atoms with Crippen LogP contribution in [0.1, 0.15) is 15.9 Å². The van der Waals surface area contributed by atoms with Crippen molar-refractivity contribution < 1.29 is 4.79 Å². The van der Waals surface area contributed by atoms with E-state index in [-0.39, 0.29) is 12.2 Å². The van der Waals surface area contributed by atoms with Crippen molar-refractivity contribution in [2.24, 2.45) is 0 Å². The summed E-state index contributed by atoms with van der Waals surface area (Å²) >= 11 is 0. The van der Waals surface area contributed by atoms with Crippen molar-refractivity contribution in [3.8, 4) is 0 Å². The molecular formula is C17H14N2O. The van der Waals surface area contributed by atoms with Gasteiger partial charge in [-0.2, -0.15) is 0 Å². The van der Waals surface area contributed by atoms with Gasteiger partial charge in [0.1, 0.15) is 5.82 Å². The van der Waals surface area contributed by atoms with Crippen LogP contribution < -0.4 is 5.73 Å². The van der Waals surface area contributed by atoms with E-state index in [4.69, 9.17) is 5.73 Å². The zero-order chi connectivity index (χ0) is 13.9. The lowest BCUT2D eigenvalue weighted by atomic mass is 10.0. The number of pyridine rings is 1. The van der Waals surface area contributed by atoms with Crippen molar-refractivity contribution in [3.05, 3.63) is 71.9 Å². The van der Waals surface area contributed by atoms with Gasteiger partial charge in [0.2, 0.25) is 0 Å². The summed E-state index contributed by atoms with van der Waals surface area (Å²) in [6, 6.07) is 17.4. The van der Waals surface area contributed by atoms with Gasteiger partial charge in [-0.15, -0.1) is 0 Å². The summed E-state index contributed by atoms with van der Waals surface area (Å²) in [5.41, 5.74) is 7.24. The van der Waals surface area contributed by atoms with Crippen molar-refractivity contribution in [1.29, 1.82) is 0 Å². The zero-order valence-corrected chi connectivity index (χ0v) is 10.9. The molecule has 2 aromatic carbocycles. The number of nitrogen functional groups attached to an aromatic ring is 1. The van der Waals surface area contributed by atoms with Crippen LogP contribution >= 0.6 is 0 Å². The van der Waals surface area contributed by atoms with Crippen LogP contribution in [0, 0.1) is 0 Å². The van der Waals surface area contributed by atoms with Crippen LogP contribution in [0.25, 0.3) is 10.8 Å². The number of nitrogens with zero attached hydrogens (tertiary/aromatic N) is 1. The van der Waals surface area contributed by atoms with Crippen molar-refractivity contribution in [1.82, 2.24) is 4.98 Å². The second kappa shape index (κ2) is 5.13. The van der Waals surface area contributed by atoms with Gasteiger partial charge in [-0.1, -0.05) is 42.5 Å². The maximum Gasteiger partial charge on any atom is 0.167 e. The van der Waals surface area contributed by atoms with Gasteiger partial charge in [-0.05, 0) is 22.9 Å². The molecule has 0 spiro atoms. The first-order valence-corrected chi connectivity index (χ1v) is 6.45. The van der Waals surface area contributed by atoms with Gasteiger partial charge >= 0.3 is 0 Å². The van der Waals surface area contributed by atoms with E-state index < -0.39 is 0 Å². The monoisotopic (exact) mass is 262 g/mol. The number of rotatable bonds is 3. The van der Waals surface area contributed by atoms with E-state index in [1.807, 2.05) is 48.5 Å². The zero-order valence-electron chi connectivity index (χ0n) is 10.9. The van der Waals surface area contributed by atoms with Gasteiger partial charge in [-0.25, -0.2) is 4.98 Å². The topological polar surface area (TPSA) is 56.0 Å². The smallest absolute Gasteiger partial charge is 0.167 e. The molecule has 3 heteroatoms. The largest absolute Gasteiger partial charge is 0.383 e. The lowest BCUT2D eigenvalue weighted by molar-refractivity contribution is 0.0993. The highest BCUT2D eigenvalue weighted by Gasteiger charge is 2.10. The number of Topliss-reactive ketones (excluding diaryl/α,β-unsaturated/α-hetero) is 1. The number of carbonyl (C=O) groups excluding carboxylic acids is 1. The van der Waals surface area contributed by atoms with Gasteiger partial charge in [0.25, 0.3) is 0 Å². The molecule has 20 heavy (non-hydrogen) atoms. The van der Waals surface area contributed by atoms with Crippen LogP contribution in [0.15, 0.2) is 60.8 Å². The Morgan fingerprint density at radius 2 is 1.80 bits per heavy atom. The van der Waals surface area contributed by atoms with Crippen LogP contribution in [0.2, 0.25) is 0 Å². The number of hydrogen-bond donors (Lipinski definition) is 1. The third-order valence-electron chi connectivity index (χ3n) is 3.35. The number of aromatic nitrogens is 1. The highest BCUT2D eigenvalue weighted by atomic mass is 16.1. The predicted molar refractivity (Wildman–Crippen MR) is 80.6 cm³/mol. The maximum atomic E-state index is 12.3. The second-order valence-electron chi connectivity index (χ2n) is 4.71. The summed E-state index contributed by atoms with van der Waals surface area (Å²) in [7, 11) is 0. The molecule has 0 amide bonds. The highest BCUT2D eigenvalue weighted by Crippen LogP contribution is 2.18. The summed E-state index contributed by atoms with van der Waals surface area (Å²) in [5.74, 6) is 0.470. The lowest BCUT2D eigenvalue weighted by Crippen LogP contribution is -2.06. The molecule has 0 aliphatic heterocycles. The minimum absolute atomic E-state index is 0.0513. The predicted octanol–water partition coefficient (Wildman–Crippen LogP) is 3.24. The van der Waals surface area contributed by atoms with E-state index >= 15 is 0 Å². The maximum absolute atomic E-state index is 12.3. The first-order valence-electron chi connectivity index (χ1n) is 6.45. The van der Waals surface area contributed by atoms with E-state index in [2.05, 4.69) is 4.98 Å². The first-order chi connectivity index (χ1) is 9.74. The molecule has 0 fully saturated rings. The van der Waals surface area contributed by atoms with Crippen molar-refractivity contribution >= 4 is 22.4 Å². The Morgan fingerprint density at radius 3 is 2.60 bits per heavy atom. The number of ketones is 1. The van der Waals surface area contributed by atoms with Gasteiger partial charge in [0.15, 0.2) is 5.78 Å². The standard InChI is InChI=1S/C17H14N2O/c18-17-15(6-3-9-19-17)11-16(20)14-8-7-12-4-1-2-5-13(12)10-14/h1-10H,11H2,(H2,18,19). The molecule has 0 aliphatic carbocycles. The number of nitrogens with two attached hydrogens (primary N) is 1. The summed E-state index contributed by atoms with van der Waals surface area (Å²) in [6.07, 6.45) is 1.90. The van der Waals surface area contributed by atoms with Gasteiger partial charge < -0.3 is 5.73 Å². The quantitative estimate of drug-likeness (QED) is 0.737. The van der Waals surface area contributed by atoms with Crippen molar-refractivity contribution in [2.45, 2.75) is 6.42 Å². The number of hydrogen-bond acceptors (Lipinski definition) is 3. The Morgan fingerprint density at radius 1 is 1.00 bits per heavy atom. The van der Waals surface area contributed by atoms with Crippen LogP contribution in [-0.4, -0.2) is 10.8 Å². The van der Waals surface area contributed by atoms with E-state index in [1.165, 1.54) is 0 Å². The van der Waals surface area contributed by atoms with E-state index in [1.54, 1.807) is 12.3 Å². The molecule has 0 bridgehead atoms. The molecule has 0 saturated carbocycles. The normalized spacial score (nSPS) is 10.6. The summed E-state index contributed by atoms with van der Waals surface area (Å²) in [4.78, 5) is 16.3. The minimum atomic E-state index is 0.0513. The molecule has 98 valence electrons. The third-order valence-corrected chi connectivity index (χ3v) is 3.35.